The number of alkyl halides is 3. The smallest absolute Gasteiger partial charge is 0.301 e. The molecule has 4 amide bonds. The molecule has 6 rings (SSSR count). The van der Waals surface area contributed by atoms with Crippen LogP contribution < -0.4 is 9.80 Å². The number of phenolic OH excluding ortho intramolecular Hbond substituents is 1. The fourth-order valence-electron chi connectivity index (χ4n) is 7.69. The van der Waals surface area contributed by atoms with Gasteiger partial charge in [0, 0.05) is 32.1 Å². The Morgan fingerprint density at radius 1 is 1.00 bits per heavy atom. The maximum atomic E-state index is 14.3. The number of amides is 4. The van der Waals surface area contributed by atoms with Crippen LogP contribution in [-0.2, 0) is 19.2 Å². The van der Waals surface area contributed by atoms with E-state index >= 15 is 0 Å². The summed E-state index contributed by atoms with van der Waals surface area (Å²) >= 11 is 17.6. The summed E-state index contributed by atoms with van der Waals surface area (Å²) < 4.78 is 0. The molecule has 2 aromatic rings. The van der Waals surface area contributed by atoms with Crippen molar-refractivity contribution in [2.75, 3.05) is 29.3 Å². The number of carbonyl (C=O) groups excluding carboxylic acids is 4. The number of rotatable bonds is 6. The molecule has 0 unspecified atom stereocenters. The largest absolute Gasteiger partial charge is 0.508 e. The Hall–Kier alpha value is -4.08. The van der Waals surface area contributed by atoms with E-state index in [2.05, 4.69) is 15.9 Å². The third kappa shape index (κ3) is 4.35. The average molecular weight is 751 g/mol. The highest BCUT2D eigenvalue weighted by Gasteiger charge is 2.76. The Balaban J connectivity index is 1.51. The van der Waals surface area contributed by atoms with Gasteiger partial charge in [-0.25, -0.2) is 4.90 Å². The second kappa shape index (κ2) is 11.0. The summed E-state index contributed by atoms with van der Waals surface area (Å²) in [6, 6.07) is 6.49. The second-order valence-corrected chi connectivity index (χ2v) is 14.0. The first-order valence-electron chi connectivity index (χ1n) is 14.3. The molecule has 17 heteroatoms. The summed E-state index contributed by atoms with van der Waals surface area (Å²) in [5, 5.41) is 34.3. The molecule has 6 atom stereocenters. The van der Waals surface area contributed by atoms with Crippen LogP contribution in [0.25, 0.3) is 0 Å². The Morgan fingerprint density at radius 2 is 1.62 bits per heavy atom. The zero-order valence-corrected chi connectivity index (χ0v) is 28.1. The number of aromatic hydroxyl groups is 1. The van der Waals surface area contributed by atoms with Crippen molar-refractivity contribution in [2.24, 2.45) is 17.8 Å². The quantitative estimate of drug-likeness (QED) is 0.110. The predicted octanol–water partition coefficient (Wildman–Crippen LogP) is 4.50. The number of fused-ring (bicyclic) bond motifs is 4. The van der Waals surface area contributed by atoms with Crippen molar-refractivity contribution < 1.29 is 34.1 Å². The molecule has 0 aromatic heterocycles. The van der Waals surface area contributed by atoms with E-state index in [9.17, 15) is 44.5 Å². The maximum absolute atomic E-state index is 14.3. The molecule has 2 saturated heterocycles. The number of halogens is 3. The van der Waals surface area contributed by atoms with E-state index < -0.39 is 78.3 Å². The zero-order valence-electron chi connectivity index (χ0n) is 25.0. The molecule has 1 N–H and O–H groups in total. The number of aryl methyl sites for hydroxylation is 1. The summed E-state index contributed by atoms with van der Waals surface area (Å²) in [6.07, 6.45) is 1.43. The van der Waals surface area contributed by atoms with E-state index in [0.29, 0.717) is 16.7 Å². The minimum Gasteiger partial charge on any atom is -0.508 e. The van der Waals surface area contributed by atoms with E-state index in [-0.39, 0.29) is 35.4 Å². The topological polar surface area (TPSA) is 185 Å². The first-order chi connectivity index (χ1) is 22.0. The molecular weight excluding hydrogens is 725 g/mol. The van der Waals surface area contributed by atoms with Gasteiger partial charge in [-0.2, -0.15) is 0 Å². The monoisotopic (exact) mass is 749 g/mol. The van der Waals surface area contributed by atoms with Crippen molar-refractivity contribution in [1.29, 1.82) is 0 Å². The van der Waals surface area contributed by atoms with Crippen LogP contribution in [0.15, 0.2) is 42.0 Å². The van der Waals surface area contributed by atoms with Gasteiger partial charge in [-0.05, 0) is 42.9 Å². The first-order valence-corrected chi connectivity index (χ1v) is 16.2. The van der Waals surface area contributed by atoms with Gasteiger partial charge in [-0.1, -0.05) is 39.7 Å². The second-order valence-electron chi connectivity index (χ2n) is 12.3. The number of nitro benzene ring substituents is 2. The van der Waals surface area contributed by atoms with Crippen molar-refractivity contribution in [3.8, 4) is 5.75 Å². The number of carbonyl (C=O) groups is 4. The maximum Gasteiger partial charge on any atom is 0.301 e. The first kappa shape index (κ1) is 32.8. The molecule has 0 radical (unpaired) electrons. The van der Waals surface area contributed by atoms with E-state index in [1.165, 1.54) is 25.1 Å². The van der Waals surface area contributed by atoms with Crippen molar-refractivity contribution in [3.63, 3.8) is 0 Å². The van der Waals surface area contributed by atoms with Crippen molar-refractivity contribution >= 4 is 85.5 Å². The number of likely N-dealkylation sites (tertiary alicyclic amines) is 1. The summed E-state index contributed by atoms with van der Waals surface area (Å²) in [5.74, 6) is -7.13. The van der Waals surface area contributed by atoms with E-state index in [1.54, 1.807) is 25.1 Å². The molecule has 4 aliphatic rings. The normalized spacial score (nSPS) is 29.8. The van der Waals surface area contributed by atoms with Gasteiger partial charge in [0.2, 0.25) is 11.8 Å². The standard InChI is InChI=1S/C30H26BrCl2N5O9/c1-13-8-14(4-7-21(13)39)23-16-5-6-17-22(18(16)11-29(32)27(42)35(12-31)28(43)30(23,29)33)26(41)36(25(17)40)15-9-19(37(44)45)24(34(2)3)20(10-15)38(46)47/h4-5,7-10,17-18,22-23,39H,6,11-12H2,1-3H3/t17-,18+,22-,23-,29+,30-/m0/s1. The minimum atomic E-state index is -2.05. The molecule has 2 aromatic carbocycles. The Kier molecular flexibility index (Phi) is 7.68. The van der Waals surface area contributed by atoms with Crippen LogP contribution in [0.3, 0.4) is 0 Å². The Labute approximate surface area is 285 Å². The van der Waals surface area contributed by atoms with Gasteiger partial charge >= 0.3 is 11.4 Å². The lowest BCUT2D eigenvalue weighted by atomic mass is 9.56. The number of phenols is 1. The summed E-state index contributed by atoms with van der Waals surface area (Å²) in [4.78, 5) is 77.0. The van der Waals surface area contributed by atoms with Crippen LogP contribution in [0, 0.1) is 44.9 Å². The lowest BCUT2D eigenvalue weighted by Crippen LogP contribution is -2.60. The van der Waals surface area contributed by atoms with E-state index in [4.69, 9.17) is 23.2 Å². The molecule has 2 heterocycles. The third-order valence-electron chi connectivity index (χ3n) is 9.72. The van der Waals surface area contributed by atoms with Crippen molar-refractivity contribution in [1.82, 2.24) is 4.90 Å². The molecule has 0 spiro atoms. The molecular formula is C30H26BrCl2N5O9. The number of anilines is 2. The van der Waals surface area contributed by atoms with Crippen molar-refractivity contribution in [3.05, 3.63) is 73.3 Å². The number of nitrogens with zero attached hydrogens (tertiary/aromatic N) is 5. The molecule has 3 fully saturated rings. The SMILES string of the molecule is Cc1cc([C@H]2C3=CC[C@@H]4C(=O)N(c5cc([N+](=O)[O-])c(N(C)C)c([N+](=O)[O-])c5)C(=O)[C@@H]4[C@@H]3C[C@@]3(Cl)C(=O)N(CBr)C(=O)[C@@]23Cl)ccc1O. The molecule has 47 heavy (non-hydrogen) atoms. The highest BCUT2D eigenvalue weighted by molar-refractivity contribution is 9.09. The van der Waals surface area contributed by atoms with Gasteiger partial charge in [-0.15, -0.1) is 23.2 Å². The summed E-state index contributed by atoms with van der Waals surface area (Å²) in [7, 11) is 2.78. The third-order valence-corrected chi connectivity index (χ3v) is 11.6. The van der Waals surface area contributed by atoms with Crippen LogP contribution >= 0.6 is 39.1 Å². The molecule has 246 valence electrons. The van der Waals surface area contributed by atoms with E-state index in [1.807, 2.05) is 0 Å². The number of benzene rings is 2. The van der Waals surface area contributed by atoms with Crippen LogP contribution in [0.5, 0.6) is 5.75 Å². The fraction of sp³-hybridized carbons (Fsp3) is 0.400. The van der Waals surface area contributed by atoms with Crippen LogP contribution in [0.2, 0.25) is 0 Å². The van der Waals surface area contributed by atoms with Gasteiger partial charge in [0.1, 0.15) is 5.75 Å². The average Bonchev–Trinajstić information content (AvgIpc) is 3.35. The highest BCUT2D eigenvalue weighted by Crippen LogP contribution is 2.65. The lowest BCUT2D eigenvalue weighted by Gasteiger charge is -2.50. The number of nitro groups is 2. The van der Waals surface area contributed by atoms with Crippen LogP contribution in [0.4, 0.5) is 22.7 Å². The van der Waals surface area contributed by atoms with Crippen molar-refractivity contribution in [2.45, 2.75) is 35.4 Å². The van der Waals surface area contributed by atoms with Crippen LogP contribution in [0.1, 0.15) is 29.9 Å². The Bertz CT molecular complexity index is 1840. The lowest BCUT2D eigenvalue weighted by molar-refractivity contribution is -0.392. The predicted molar refractivity (Wildman–Crippen MR) is 173 cm³/mol. The molecule has 1 saturated carbocycles. The highest BCUT2D eigenvalue weighted by atomic mass is 79.9. The van der Waals surface area contributed by atoms with Gasteiger partial charge in [0.05, 0.1) is 32.8 Å². The minimum absolute atomic E-state index is 0.0116. The van der Waals surface area contributed by atoms with E-state index in [0.717, 1.165) is 21.9 Å². The summed E-state index contributed by atoms with van der Waals surface area (Å²) in [5.41, 5.74) is -0.795. The zero-order chi connectivity index (χ0) is 34.5. The van der Waals surface area contributed by atoms with Gasteiger partial charge < -0.3 is 10.0 Å². The van der Waals surface area contributed by atoms with Crippen LogP contribution in [-0.4, -0.2) is 72.8 Å². The fourth-order valence-corrected chi connectivity index (χ4v) is 9.12. The van der Waals surface area contributed by atoms with Gasteiger partial charge in [-0.3, -0.25) is 44.3 Å². The molecule has 14 nitrogen and oxygen atoms in total. The molecule has 0 bridgehead atoms. The molecule has 2 aliphatic heterocycles. The number of allylic oxidation sites excluding steroid dienone is 2. The number of hydrogen-bond acceptors (Lipinski definition) is 10. The summed E-state index contributed by atoms with van der Waals surface area (Å²) in [6.45, 7) is 1.64. The van der Waals surface area contributed by atoms with Gasteiger partial charge in [0.25, 0.3) is 11.8 Å². The molecule has 2 aliphatic carbocycles. The number of hydrogen-bond donors (Lipinski definition) is 1. The number of imide groups is 2. The Morgan fingerprint density at radius 3 is 2.15 bits per heavy atom. The van der Waals surface area contributed by atoms with Gasteiger partial charge in [0.15, 0.2) is 15.4 Å².